The zero-order valence-corrected chi connectivity index (χ0v) is 12.5. The van der Waals surface area contributed by atoms with E-state index < -0.39 is 0 Å². The number of rotatable bonds is 4. The fourth-order valence-corrected chi connectivity index (χ4v) is 2.43. The van der Waals surface area contributed by atoms with E-state index in [1.165, 1.54) is 24.0 Å². The summed E-state index contributed by atoms with van der Waals surface area (Å²) < 4.78 is 0. The predicted octanol–water partition coefficient (Wildman–Crippen LogP) is 4.44. The Bertz CT molecular complexity index is 636. The van der Waals surface area contributed by atoms with Crippen molar-refractivity contribution >= 4 is 23.1 Å². The molecule has 0 bridgehead atoms. The zero-order valence-electron chi connectivity index (χ0n) is 11.8. The van der Waals surface area contributed by atoms with E-state index in [0.29, 0.717) is 5.15 Å². The van der Waals surface area contributed by atoms with Crippen molar-refractivity contribution in [3.05, 3.63) is 46.4 Å². The van der Waals surface area contributed by atoms with E-state index in [2.05, 4.69) is 41.3 Å². The van der Waals surface area contributed by atoms with Crippen molar-refractivity contribution in [2.45, 2.75) is 33.1 Å². The number of hydrogen-bond donors (Lipinski definition) is 1. The number of hydrogen-bond acceptors (Lipinski definition) is 3. The van der Waals surface area contributed by atoms with Gasteiger partial charge in [0.05, 0.1) is 0 Å². The molecule has 20 heavy (non-hydrogen) atoms. The Morgan fingerprint density at radius 3 is 2.80 bits per heavy atom. The van der Waals surface area contributed by atoms with Gasteiger partial charge in [-0.1, -0.05) is 23.7 Å². The van der Waals surface area contributed by atoms with Crippen molar-refractivity contribution in [3.63, 3.8) is 0 Å². The summed E-state index contributed by atoms with van der Waals surface area (Å²) in [4.78, 5) is 8.88. The number of nitrogens with one attached hydrogen (secondary N) is 1. The molecule has 0 atom stereocenters. The van der Waals surface area contributed by atoms with Crippen LogP contribution in [0.15, 0.2) is 24.3 Å². The SMILES string of the molecule is Cc1cccc(Nc2cc(Cl)nc(CC3CC3)n2)c1C. The summed E-state index contributed by atoms with van der Waals surface area (Å²) in [6, 6.07) is 7.98. The van der Waals surface area contributed by atoms with Gasteiger partial charge in [0.2, 0.25) is 0 Å². The van der Waals surface area contributed by atoms with E-state index in [9.17, 15) is 0 Å². The normalized spacial score (nSPS) is 14.3. The third-order valence-corrected chi connectivity index (χ3v) is 3.97. The molecule has 3 nitrogen and oxygen atoms in total. The van der Waals surface area contributed by atoms with Gasteiger partial charge in [0.25, 0.3) is 0 Å². The average Bonchev–Trinajstić information content (AvgIpc) is 3.18. The van der Waals surface area contributed by atoms with Crippen LogP contribution < -0.4 is 5.32 Å². The van der Waals surface area contributed by atoms with E-state index in [0.717, 1.165) is 29.7 Å². The molecule has 0 amide bonds. The smallest absolute Gasteiger partial charge is 0.135 e. The van der Waals surface area contributed by atoms with Crippen LogP contribution in [0.1, 0.15) is 29.8 Å². The van der Waals surface area contributed by atoms with E-state index >= 15 is 0 Å². The molecule has 0 saturated heterocycles. The second-order valence-corrected chi connectivity index (χ2v) is 5.90. The van der Waals surface area contributed by atoms with Crippen molar-refractivity contribution in [2.24, 2.45) is 5.92 Å². The van der Waals surface area contributed by atoms with Crippen LogP contribution in [0, 0.1) is 19.8 Å². The summed E-state index contributed by atoms with van der Waals surface area (Å²) in [7, 11) is 0. The Hall–Kier alpha value is -1.61. The third kappa shape index (κ3) is 3.10. The molecule has 1 heterocycles. The number of aromatic nitrogens is 2. The largest absolute Gasteiger partial charge is 0.340 e. The first-order valence-corrected chi connectivity index (χ1v) is 7.36. The Morgan fingerprint density at radius 2 is 2.05 bits per heavy atom. The summed E-state index contributed by atoms with van der Waals surface area (Å²) >= 11 is 6.10. The number of halogens is 1. The molecule has 2 aromatic rings. The summed E-state index contributed by atoms with van der Waals surface area (Å²) in [5, 5.41) is 3.86. The molecule has 1 saturated carbocycles. The molecule has 1 aromatic carbocycles. The average molecular weight is 288 g/mol. The summed E-state index contributed by atoms with van der Waals surface area (Å²) in [5.74, 6) is 2.36. The van der Waals surface area contributed by atoms with Gasteiger partial charge in [0.1, 0.15) is 16.8 Å². The van der Waals surface area contributed by atoms with Crippen LogP contribution in [-0.2, 0) is 6.42 Å². The molecule has 0 radical (unpaired) electrons. The fraction of sp³-hybridized carbons (Fsp3) is 0.375. The van der Waals surface area contributed by atoms with Crippen molar-refractivity contribution in [1.29, 1.82) is 0 Å². The van der Waals surface area contributed by atoms with Gasteiger partial charge in [0, 0.05) is 18.2 Å². The van der Waals surface area contributed by atoms with Crippen molar-refractivity contribution in [3.8, 4) is 0 Å². The molecular weight excluding hydrogens is 270 g/mol. The Labute approximate surface area is 124 Å². The monoisotopic (exact) mass is 287 g/mol. The minimum absolute atomic E-state index is 0.503. The first-order chi connectivity index (χ1) is 9.61. The van der Waals surface area contributed by atoms with Gasteiger partial charge in [-0.25, -0.2) is 9.97 Å². The Balaban J connectivity index is 1.85. The molecule has 104 valence electrons. The predicted molar refractivity (Wildman–Crippen MR) is 82.7 cm³/mol. The standard InChI is InChI=1S/C16H18ClN3/c1-10-4-3-5-13(11(10)2)18-16-9-14(17)19-15(20-16)8-12-6-7-12/h3-5,9,12H,6-8H2,1-2H3,(H,18,19,20). The molecule has 0 spiro atoms. The second kappa shape index (κ2) is 5.41. The maximum Gasteiger partial charge on any atom is 0.135 e. The highest BCUT2D eigenvalue weighted by Crippen LogP contribution is 2.32. The number of anilines is 2. The second-order valence-electron chi connectivity index (χ2n) is 5.51. The van der Waals surface area contributed by atoms with Crippen LogP contribution in [0.3, 0.4) is 0 Å². The third-order valence-electron chi connectivity index (χ3n) is 3.78. The quantitative estimate of drug-likeness (QED) is 0.845. The van der Waals surface area contributed by atoms with E-state index in [1.807, 2.05) is 6.07 Å². The van der Waals surface area contributed by atoms with Crippen molar-refractivity contribution in [1.82, 2.24) is 9.97 Å². The maximum atomic E-state index is 6.10. The van der Waals surface area contributed by atoms with Gasteiger partial charge in [-0.3, -0.25) is 0 Å². The van der Waals surface area contributed by atoms with Crippen molar-refractivity contribution in [2.75, 3.05) is 5.32 Å². The van der Waals surface area contributed by atoms with Crippen LogP contribution in [-0.4, -0.2) is 9.97 Å². The maximum absolute atomic E-state index is 6.10. The topological polar surface area (TPSA) is 37.8 Å². The molecular formula is C16H18ClN3. The van der Waals surface area contributed by atoms with Crippen LogP contribution >= 0.6 is 11.6 Å². The fourth-order valence-electron chi connectivity index (χ4n) is 2.22. The highest BCUT2D eigenvalue weighted by atomic mass is 35.5. The highest BCUT2D eigenvalue weighted by molar-refractivity contribution is 6.29. The first-order valence-electron chi connectivity index (χ1n) is 6.98. The minimum Gasteiger partial charge on any atom is -0.340 e. The number of benzene rings is 1. The van der Waals surface area contributed by atoms with Gasteiger partial charge in [-0.15, -0.1) is 0 Å². The lowest BCUT2D eigenvalue weighted by Gasteiger charge is -2.11. The Kier molecular flexibility index (Phi) is 3.62. The lowest BCUT2D eigenvalue weighted by Crippen LogP contribution is -2.02. The van der Waals surface area contributed by atoms with E-state index in [-0.39, 0.29) is 0 Å². The van der Waals surface area contributed by atoms with Crippen LogP contribution in [0.25, 0.3) is 0 Å². The molecule has 1 N–H and O–H groups in total. The van der Waals surface area contributed by atoms with Crippen molar-refractivity contribution < 1.29 is 0 Å². The molecule has 0 unspecified atom stereocenters. The summed E-state index contributed by atoms with van der Waals surface area (Å²) in [6.45, 7) is 4.21. The molecule has 3 rings (SSSR count). The summed E-state index contributed by atoms with van der Waals surface area (Å²) in [6.07, 6.45) is 3.51. The number of aryl methyl sites for hydroxylation is 1. The Morgan fingerprint density at radius 1 is 1.25 bits per heavy atom. The minimum atomic E-state index is 0.503. The van der Waals surface area contributed by atoms with E-state index in [4.69, 9.17) is 11.6 Å². The van der Waals surface area contributed by atoms with Gasteiger partial charge in [0.15, 0.2) is 0 Å². The number of nitrogens with zero attached hydrogens (tertiary/aromatic N) is 2. The highest BCUT2D eigenvalue weighted by Gasteiger charge is 2.23. The van der Waals surface area contributed by atoms with Crippen LogP contribution in [0.5, 0.6) is 0 Å². The van der Waals surface area contributed by atoms with Gasteiger partial charge in [-0.05, 0) is 49.8 Å². The summed E-state index contributed by atoms with van der Waals surface area (Å²) in [5.41, 5.74) is 3.55. The lowest BCUT2D eigenvalue weighted by molar-refractivity contribution is 0.771. The molecule has 1 fully saturated rings. The molecule has 1 aliphatic rings. The van der Waals surface area contributed by atoms with Gasteiger partial charge < -0.3 is 5.32 Å². The molecule has 1 aromatic heterocycles. The van der Waals surface area contributed by atoms with Gasteiger partial charge in [-0.2, -0.15) is 0 Å². The van der Waals surface area contributed by atoms with E-state index in [1.54, 1.807) is 6.07 Å². The zero-order chi connectivity index (χ0) is 14.1. The van der Waals surface area contributed by atoms with Crippen LogP contribution in [0.4, 0.5) is 11.5 Å². The molecule has 4 heteroatoms. The molecule has 0 aliphatic heterocycles. The molecule has 1 aliphatic carbocycles. The first kappa shape index (κ1) is 13.4. The van der Waals surface area contributed by atoms with Crippen LogP contribution in [0.2, 0.25) is 5.15 Å². The lowest BCUT2D eigenvalue weighted by atomic mass is 10.1. The van der Waals surface area contributed by atoms with Gasteiger partial charge >= 0.3 is 0 Å².